The first-order chi connectivity index (χ1) is 7.20. The van der Waals surface area contributed by atoms with E-state index in [4.69, 9.17) is 19.2 Å². The molecule has 0 aromatic carbocycles. The van der Waals surface area contributed by atoms with E-state index in [-0.39, 0.29) is 58.4 Å². The summed E-state index contributed by atoms with van der Waals surface area (Å²) in [6, 6.07) is 0. The topological polar surface area (TPSA) is 86.2 Å². The maximum atomic E-state index is 8.55. The van der Waals surface area contributed by atoms with Gasteiger partial charge in [0, 0.05) is 0 Å². The van der Waals surface area contributed by atoms with Gasteiger partial charge in [-0.05, 0) is 0 Å². The van der Waals surface area contributed by atoms with E-state index in [0.717, 1.165) is 0 Å². The molecule has 20 heavy (non-hydrogen) atoms. The first-order valence-electron chi connectivity index (χ1n) is 5.42. The predicted octanol–water partition coefficient (Wildman–Crippen LogP) is 1.60. The van der Waals surface area contributed by atoms with Gasteiger partial charge in [0.25, 0.3) is 0 Å². The maximum Gasteiger partial charge on any atom is 2.00 e. The summed E-state index contributed by atoms with van der Waals surface area (Å²) in [6.07, 6.45) is 0. The molecule has 0 aliphatic rings. The molecule has 0 saturated heterocycles. The standard InChI is InChI=1S/3C4H9.H3O4P.3Zn/c3*1-4(2)3;1-5(2,3)4;;;/h3*4H,1H2,2-3H3;(H3,1,2,3,4);;;/q3*-1;;3*+2/p-3. The smallest absolute Gasteiger partial charge is 0.822 e. The molecule has 8 heteroatoms. The Hall–Kier alpha value is 1.98. The largest absolute Gasteiger partial charge is 2.00 e. The second-order valence-corrected chi connectivity index (χ2v) is 5.52. The first-order valence-corrected chi connectivity index (χ1v) is 6.88. The summed E-state index contributed by atoms with van der Waals surface area (Å²) in [6.45, 7) is 23.2. The van der Waals surface area contributed by atoms with Crippen LogP contribution in [0.3, 0.4) is 0 Å². The van der Waals surface area contributed by atoms with Crippen LogP contribution >= 0.6 is 7.82 Å². The molecule has 0 fully saturated rings. The zero-order chi connectivity index (χ0) is 15.2. The van der Waals surface area contributed by atoms with Crippen LogP contribution in [0.4, 0.5) is 0 Å². The SMILES string of the molecule is O=P([O-])([O-])[O-].[CH2-]C(C)C.[CH2-]C(C)C.[CH2-]C(C)C.[Zn+2].[Zn+2].[Zn+2]. The minimum absolute atomic E-state index is 0. The van der Waals surface area contributed by atoms with Crippen LogP contribution in [0.2, 0.25) is 0 Å². The van der Waals surface area contributed by atoms with Crippen molar-refractivity contribution in [1.29, 1.82) is 0 Å². The van der Waals surface area contributed by atoms with Crippen LogP contribution in [0.5, 0.6) is 0 Å². The second kappa shape index (κ2) is 29.0. The quantitative estimate of drug-likeness (QED) is 0.311. The van der Waals surface area contributed by atoms with Gasteiger partial charge in [0.2, 0.25) is 0 Å². The van der Waals surface area contributed by atoms with Gasteiger partial charge in [-0.1, -0.05) is 41.5 Å². The Morgan fingerprint density at radius 1 is 0.650 bits per heavy atom. The van der Waals surface area contributed by atoms with E-state index in [1.54, 1.807) is 0 Å². The molecule has 0 spiro atoms. The Kier molecular flexibility index (Phi) is 62.6. The molecule has 0 aromatic heterocycles. The molecule has 110 valence electrons. The molecule has 0 unspecified atom stereocenters. The van der Waals surface area contributed by atoms with Crippen LogP contribution in [0, 0.1) is 38.5 Å². The van der Waals surface area contributed by atoms with Gasteiger partial charge in [0.15, 0.2) is 0 Å². The van der Waals surface area contributed by atoms with Gasteiger partial charge in [-0.3, -0.25) is 0 Å². The van der Waals surface area contributed by atoms with Gasteiger partial charge in [0.05, 0.1) is 0 Å². The summed E-state index contributed by atoms with van der Waals surface area (Å²) in [7, 11) is -5.39. The fourth-order valence-corrected chi connectivity index (χ4v) is 0. The van der Waals surface area contributed by atoms with Crippen LogP contribution in [-0.4, -0.2) is 0 Å². The Morgan fingerprint density at radius 2 is 0.650 bits per heavy atom. The van der Waals surface area contributed by atoms with Crippen molar-refractivity contribution in [2.24, 2.45) is 17.8 Å². The van der Waals surface area contributed by atoms with Gasteiger partial charge >= 0.3 is 58.4 Å². The predicted molar refractivity (Wildman–Crippen MR) is 68.2 cm³/mol. The van der Waals surface area contributed by atoms with Crippen LogP contribution in [0.25, 0.3) is 0 Å². The van der Waals surface area contributed by atoms with Crippen molar-refractivity contribution in [3.05, 3.63) is 20.8 Å². The van der Waals surface area contributed by atoms with Gasteiger partial charge in [-0.25, -0.2) is 0 Å². The monoisotopic (exact) mass is 458 g/mol. The fourth-order valence-electron chi connectivity index (χ4n) is 0. The zero-order valence-corrected chi connectivity index (χ0v) is 23.9. The Bertz CT molecular complexity index is 143. The molecule has 0 radical (unpaired) electrons. The minimum atomic E-state index is -5.39. The zero-order valence-electron chi connectivity index (χ0n) is 14.1. The minimum Gasteiger partial charge on any atom is -0.822 e. The first kappa shape index (κ1) is 43.1. The molecule has 4 nitrogen and oxygen atoms in total. The van der Waals surface area contributed by atoms with E-state index in [0.29, 0.717) is 17.8 Å². The maximum absolute atomic E-state index is 8.55. The van der Waals surface area contributed by atoms with E-state index in [9.17, 15) is 0 Å². The van der Waals surface area contributed by atoms with Gasteiger partial charge in [-0.15, -0.1) is 0 Å². The molecule has 0 aliphatic heterocycles. The van der Waals surface area contributed by atoms with Crippen molar-refractivity contribution in [3.8, 4) is 0 Å². The third kappa shape index (κ3) is 1840. The average molecular weight is 462 g/mol. The van der Waals surface area contributed by atoms with E-state index in [1.165, 1.54) is 0 Å². The third-order valence-corrected chi connectivity index (χ3v) is 0. The number of rotatable bonds is 0. The van der Waals surface area contributed by atoms with E-state index < -0.39 is 7.82 Å². The summed E-state index contributed by atoms with van der Waals surface area (Å²) in [5.41, 5.74) is 0. The number of hydrogen-bond acceptors (Lipinski definition) is 4. The van der Waals surface area contributed by atoms with Crippen LogP contribution < -0.4 is 14.7 Å². The molecule has 0 bridgehead atoms. The number of hydrogen-bond donors (Lipinski definition) is 0. The molecule has 0 atom stereocenters. The second-order valence-electron chi connectivity index (χ2n) is 4.63. The normalized spacial score (nSPS) is 8.35. The van der Waals surface area contributed by atoms with Gasteiger partial charge in [-0.2, -0.15) is 25.6 Å². The van der Waals surface area contributed by atoms with Gasteiger partial charge in [0.1, 0.15) is 0 Å². The Labute approximate surface area is 164 Å². The molecule has 0 amide bonds. The molecule has 0 heterocycles. The summed E-state index contributed by atoms with van der Waals surface area (Å²) < 4.78 is 8.55. The molecule has 0 aliphatic carbocycles. The summed E-state index contributed by atoms with van der Waals surface area (Å²) in [4.78, 5) is 25.6. The molecular weight excluding hydrogens is 435 g/mol. The van der Waals surface area contributed by atoms with Crippen molar-refractivity contribution < 1.29 is 77.7 Å². The van der Waals surface area contributed by atoms with Crippen molar-refractivity contribution in [2.75, 3.05) is 0 Å². The van der Waals surface area contributed by atoms with Crippen molar-refractivity contribution >= 4 is 7.82 Å². The summed E-state index contributed by atoms with van der Waals surface area (Å²) in [5.74, 6) is 1.75. The van der Waals surface area contributed by atoms with Crippen LogP contribution in [0.1, 0.15) is 41.5 Å². The third-order valence-electron chi connectivity index (χ3n) is 0. The van der Waals surface area contributed by atoms with E-state index >= 15 is 0 Å². The van der Waals surface area contributed by atoms with Crippen molar-refractivity contribution in [2.45, 2.75) is 41.5 Å². The van der Waals surface area contributed by atoms with Crippen molar-refractivity contribution in [3.63, 3.8) is 0 Å². The fraction of sp³-hybridized carbons (Fsp3) is 0.750. The Morgan fingerprint density at radius 3 is 0.650 bits per heavy atom. The number of phosphoric acid groups is 1. The van der Waals surface area contributed by atoms with E-state index in [1.807, 2.05) is 0 Å². The molecular formula is C12H27O4PZn3. The van der Waals surface area contributed by atoms with Crippen LogP contribution in [0.15, 0.2) is 0 Å². The van der Waals surface area contributed by atoms with E-state index in [2.05, 4.69) is 62.3 Å². The summed E-state index contributed by atoms with van der Waals surface area (Å²) >= 11 is 0. The summed E-state index contributed by atoms with van der Waals surface area (Å²) in [5, 5.41) is 0. The van der Waals surface area contributed by atoms with Crippen molar-refractivity contribution in [1.82, 2.24) is 0 Å². The molecule has 0 saturated carbocycles. The Balaban J connectivity index is -0.0000000216. The molecule has 0 N–H and O–H groups in total. The average Bonchev–Trinajstić information content (AvgIpc) is 1.73. The van der Waals surface area contributed by atoms with Crippen LogP contribution in [-0.2, 0) is 63.0 Å². The molecule has 0 rings (SSSR count). The molecule has 0 aromatic rings. The van der Waals surface area contributed by atoms with Gasteiger partial charge < -0.3 is 40.0 Å².